The third kappa shape index (κ3) is 4.96. The monoisotopic (exact) mass is 426 g/mol. The summed E-state index contributed by atoms with van der Waals surface area (Å²) >= 11 is 5.99. The summed E-state index contributed by atoms with van der Waals surface area (Å²) in [5, 5.41) is 6.69. The number of ether oxygens (including phenoxy) is 1. The molecule has 0 unspecified atom stereocenters. The minimum absolute atomic E-state index is 0.0404. The second-order valence-electron chi connectivity index (χ2n) is 8.22. The highest BCUT2D eigenvalue weighted by Gasteiger charge is 2.45. The average Bonchev–Trinajstić information content (AvgIpc) is 3.52. The van der Waals surface area contributed by atoms with Gasteiger partial charge in [0.1, 0.15) is 5.75 Å². The number of carbonyl (C=O) groups is 2. The van der Waals surface area contributed by atoms with Crippen molar-refractivity contribution in [2.24, 2.45) is 0 Å². The van der Waals surface area contributed by atoms with Gasteiger partial charge in [-0.25, -0.2) is 0 Å². The third-order valence-electron chi connectivity index (χ3n) is 5.97. The summed E-state index contributed by atoms with van der Waals surface area (Å²) in [4.78, 5) is 24.6. The zero-order valence-electron chi connectivity index (χ0n) is 17.0. The first-order valence-electron chi connectivity index (χ1n) is 10.6. The Morgan fingerprint density at radius 2 is 1.73 bits per heavy atom. The molecule has 2 N–H and O–H groups in total. The number of benzene rings is 2. The smallest absolute Gasteiger partial charge is 0.258 e. The topological polar surface area (TPSA) is 67.4 Å². The number of hydrogen-bond donors (Lipinski definition) is 2. The van der Waals surface area contributed by atoms with Crippen LogP contribution in [0.2, 0.25) is 5.02 Å². The fourth-order valence-electron chi connectivity index (χ4n) is 3.83. The predicted octanol–water partition coefficient (Wildman–Crippen LogP) is 3.78. The highest BCUT2D eigenvalue weighted by atomic mass is 35.5. The van der Waals surface area contributed by atoms with Crippen molar-refractivity contribution in [2.75, 3.05) is 13.2 Å². The summed E-state index contributed by atoms with van der Waals surface area (Å²) in [7, 11) is 0. The van der Waals surface area contributed by atoms with Gasteiger partial charge in [0.15, 0.2) is 6.61 Å². The Labute approximate surface area is 182 Å². The van der Waals surface area contributed by atoms with Crippen molar-refractivity contribution in [2.45, 2.75) is 50.0 Å². The van der Waals surface area contributed by atoms with E-state index in [1.807, 2.05) is 48.5 Å². The summed E-state index contributed by atoms with van der Waals surface area (Å²) in [6.07, 6.45) is 5.69. The Kier molecular flexibility index (Phi) is 6.28. The van der Waals surface area contributed by atoms with E-state index in [1.54, 1.807) is 0 Å². The standard InChI is InChI=1S/C24H27ClN2O3/c25-19-6-4-18(5-7-19)24(13-1-14-24)23(29)26-15-12-17-2-10-21(11-3-17)30-16-22(28)27-20-8-9-20/h2-7,10-11,20H,1,8-9,12-16H2,(H,26,29)(H,27,28). The van der Waals surface area contributed by atoms with Gasteiger partial charge in [0.2, 0.25) is 5.91 Å². The molecule has 2 amide bonds. The first kappa shape index (κ1) is 20.7. The zero-order valence-corrected chi connectivity index (χ0v) is 17.7. The van der Waals surface area contributed by atoms with E-state index in [0.29, 0.717) is 23.4 Å². The van der Waals surface area contributed by atoms with Crippen LogP contribution >= 0.6 is 11.6 Å². The molecule has 5 nitrogen and oxygen atoms in total. The summed E-state index contributed by atoms with van der Waals surface area (Å²) in [5.74, 6) is 0.692. The quantitative estimate of drug-likeness (QED) is 0.641. The second kappa shape index (κ2) is 9.09. The summed E-state index contributed by atoms with van der Waals surface area (Å²) in [6, 6.07) is 15.6. The van der Waals surface area contributed by atoms with Crippen LogP contribution in [0.15, 0.2) is 48.5 Å². The molecule has 2 aliphatic carbocycles. The van der Waals surface area contributed by atoms with Gasteiger partial charge in [-0.1, -0.05) is 42.3 Å². The van der Waals surface area contributed by atoms with Crippen LogP contribution in [-0.2, 0) is 21.4 Å². The van der Waals surface area contributed by atoms with Crippen LogP contribution in [-0.4, -0.2) is 31.0 Å². The zero-order chi connectivity index (χ0) is 21.0. The van der Waals surface area contributed by atoms with Gasteiger partial charge in [-0.15, -0.1) is 0 Å². The van der Waals surface area contributed by atoms with Crippen LogP contribution in [0.3, 0.4) is 0 Å². The molecule has 2 saturated carbocycles. The minimum Gasteiger partial charge on any atom is -0.484 e. The highest BCUT2D eigenvalue weighted by Crippen LogP contribution is 2.44. The molecule has 30 heavy (non-hydrogen) atoms. The Bertz CT molecular complexity index is 888. The molecule has 158 valence electrons. The van der Waals surface area contributed by atoms with Crippen molar-refractivity contribution < 1.29 is 14.3 Å². The molecule has 0 aromatic heterocycles. The molecule has 0 atom stereocenters. The van der Waals surface area contributed by atoms with E-state index in [-0.39, 0.29) is 18.4 Å². The van der Waals surface area contributed by atoms with Crippen molar-refractivity contribution in [3.8, 4) is 5.75 Å². The lowest BCUT2D eigenvalue weighted by Crippen LogP contribution is -2.49. The van der Waals surface area contributed by atoms with Gasteiger partial charge in [0, 0.05) is 17.6 Å². The van der Waals surface area contributed by atoms with Crippen molar-refractivity contribution >= 4 is 23.4 Å². The predicted molar refractivity (Wildman–Crippen MR) is 117 cm³/mol. The Morgan fingerprint density at radius 1 is 1.03 bits per heavy atom. The van der Waals surface area contributed by atoms with E-state index >= 15 is 0 Å². The first-order chi connectivity index (χ1) is 14.5. The maximum Gasteiger partial charge on any atom is 0.258 e. The third-order valence-corrected chi connectivity index (χ3v) is 6.23. The van der Waals surface area contributed by atoms with Gasteiger partial charge < -0.3 is 15.4 Å². The van der Waals surface area contributed by atoms with E-state index in [1.165, 1.54) is 0 Å². The van der Waals surface area contributed by atoms with E-state index < -0.39 is 5.41 Å². The molecular weight excluding hydrogens is 400 g/mol. The molecule has 0 saturated heterocycles. The number of hydrogen-bond acceptors (Lipinski definition) is 3. The van der Waals surface area contributed by atoms with Crippen LogP contribution in [0.1, 0.15) is 43.2 Å². The molecule has 0 radical (unpaired) electrons. The molecule has 0 heterocycles. The lowest BCUT2D eigenvalue weighted by atomic mass is 9.64. The molecule has 2 aromatic rings. The molecule has 2 fully saturated rings. The highest BCUT2D eigenvalue weighted by molar-refractivity contribution is 6.30. The fourth-order valence-corrected chi connectivity index (χ4v) is 3.96. The van der Waals surface area contributed by atoms with E-state index in [9.17, 15) is 9.59 Å². The van der Waals surface area contributed by atoms with Crippen LogP contribution in [0, 0.1) is 0 Å². The Balaban J connectivity index is 1.24. The minimum atomic E-state index is -0.413. The van der Waals surface area contributed by atoms with Crippen molar-refractivity contribution in [1.29, 1.82) is 0 Å². The molecule has 2 aromatic carbocycles. The number of amides is 2. The molecular formula is C24H27ClN2O3. The van der Waals surface area contributed by atoms with Crippen molar-refractivity contribution in [1.82, 2.24) is 10.6 Å². The van der Waals surface area contributed by atoms with Gasteiger partial charge in [0.05, 0.1) is 5.41 Å². The van der Waals surface area contributed by atoms with Gasteiger partial charge in [-0.05, 0) is 67.5 Å². The molecule has 2 aliphatic rings. The summed E-state index contributed by atoms with van der Waals surface area (Å²) in [6.45, 7) is 0.622. The van der Waals surface area contributed by atoms with Gasteiger partial charge >= 0.3 is 0 Å². The van der Waals surface area contributed by atoms with E-state index in [4.69, 9.17) is 16.3 Å². The van der Waals surface area contributed by atoms with E-state index in [0.717, 1.165) is 49.7 Å². The number of halogens is 1. The summed E-state index contributed by atoms with van der Waals surface area (Å²) < 4.78 is 5.53. The number of rotatable bonds is 9. The fraction of sp³-hybridized carbons (Fsp3) is 0.417. The largest absolute Gasteiger partial charge is 0.484 e. The van der Waals surface area contributed by atoms with Crippen LogP contribution in [0.25, 0.3) is 0 Å². The van der Waals surface area contributed by atoms with Crippen LogP contribution < -0.4 is 15.4 Å². The van der Waals surface area contributed by atoms with Crippen molar-refractivity contribution in [3.63, 3.8) is 0 Å². The average molecular weight is 427 g/mol. The van der Waals surface area contributed by atoms with Crippen LogP contribution in [0.4, 0.5) is 0 Å². The molecule has 0 spiro atoms. The molecule has 4 rings (SSSR count). The maximum atomic E-state index is 12.9. The number of nitrogens with one attached hydrogen (secondary N) is 2. The summed E-state index contributed by atoms with van der Waals surface area (Å²) in [5.41, 5.74) is 1.74. The van der Waals surface area contributed by atoms with Crippen LogP contribution in [0.5, 0.6) is 5.75 Å². The van der Waals surface area contributed by atoms with Crippen molar-refractivity contribution in [3.05, 3.63) is 64.7 Å². The van der Waals surface area contributed by atoms with E-state index in [2.05, 4.69) is 10.6 Å². The molecule has 0 aliphatic heterocycles. The Hall–Kier alpha value is -2.53. The van der Waals surface area contributed by atoms with Gasteiger partial charge in [-0.2, -0.15) is 0 Å². The number of carbonyl (C=O) groups excluding carboxylic acids is 2. The molecule has 6 heteroatoms. The second-order valence-corrected chi connectivity index (χ2v) is 8.66. The maximum absolute atomic E-state index is 12.9. The first-order valence-corrected chi connectivity index (χ1v) is 11.0. The lowest BCUT2D eigenvalue weighted by molar-refractivity contribution is -0.130. The normalized spacial score (nSPS) is 17.0. The Morgan fingerprint density at radius 3 is 2.33 bits per heavy atom. The lowest BCUT2D eigenvalue weighted by Gasteiger charge is -2.40. The SMILES string of the molecule is O=C(COc1ccc(CCNC(=O)C2(c3ccc(Cl)cc3)CCC2)cc1)NC1CC1. The van der Waals surface area contributed by atoms with Gasteiger partial charge in [-0.3, -0.25) is 9.59 Å². The van der Waals surface area contributed by atoms with Gasteiger partial charge in [0.25, 0.3) is 5.91 Å². The molecule has 0 bridgehead atoms.